The van der Waals surface area contributed by atoms with E-state index in [1.165, 1.54) is 63.2 Å². The quantitative estimate of drug-likeness (QED) is 0.251. The summed E-state index contributed by atoms with van der Waals surface area (Å²) in [4.78, 5) is 0. The van der Waals surface area contributed by atoms with E-state index in [9.17, 15) is 0 Å². The second kappa shape index (κ2) is 14.7. The van der Waals surface area contributed by atoms with Gasteiger partial charge in [0.15, 0.2) is 0 Å². The summed E-state index contributed by atoms with van der Waals surface area (Å²) in [5, 5.41) is 0.811. The van der Waals surface area contributed by atoms with Crippen molar-refractivity contribution in [1.82, 2.24) is 0 Å². The zero-order valence-electron chi connectivity index (χ0n) is 22.5. The summed E-state index contributed by atoms with van der Waals surface area (Å²) in [6.45, 7) is 13.6. The molecular weight excluding hydrogens is 594 g/mol. The fourth-order valence-corrected chi connectivity index (χ4v) is 4.54. The van der Waals surface area contributed by atoms with Crippen molar-refractivity contribution in [2.45, 2.75) is 58.8 Å². The SMILES string of the molecule is CC(C)(C)c1c[c-]c2c(c1)-c1cc(C(C)(C)C)ccc1C2.Clc1cccc([CH]=[Zr+2])c1.[Cl-].[Cl-].c1cc[cH-]c1. The minimum atomic E-state index is 0. The van der Waals surface area contributed by atoms with Gasteiger partial charge in [0.2, 0.25) is 0 Å². The summed E-state index contributed by atoms with van der Waals surface area (Å²) < 4.78 is 2.11. The summed E-state index contributed by atoms with van der Waals surface area (Å²) in [6.07, 6.45) is 1.03. The van der Waals surface area contributed by atoms with Crippen LogP contribution in [0.1, 0.15) is 69.4 Å². The minimum Gasteiger partial charge on any atom is -1.00 e. The molecule has 0 aromatic heterocycles. The van der Waals surface area contributed by atoms with Crippen LogP contribution >= 0.6 is 11.6 Å². The molecule has 37 heavy (non-hydrogen) atoms. The molecule has 4 aromatic carbocycles. The molecule has 0 heterocycles. The number of halogens is 3. The average Bonchev–Trinajstić information content (AvgIpc) is 3.49. The maximum absolute atomic E-state index is 5.71. The van der Waals surface area contributed by atoms with Gasteiger partial charge in [0, 0.05) is 0 Å². The maximum Gasteiger partial charge on any atom is -0.172 e. The summed E-state index contributed by atoms with van der Waals surface area (Å²) in [6, 6.07) is 32.9. The standard InChI is InChI=1S/C21H25.C7H5Cl.C5H5.2ClH.Zr/c1-20(2,3)16-9-7-14-11-15-8-10-17(21(4,5)6)13-19(15)18(14)12-16;1-6-3-2-4-7(8)5-6;1-2-4-5-3-1;;;/h7,9-10,12-13H,11H2,1-6H3;1-5H;1-5H;2*1H;/q-1;;-1;;;+2/p-2. The van der Waals surface area contributed by atoms with Crippen molar-refractivity contribution < 1.29 is 49.0 Å². The third-order valence-corrected chi connectivity index (χ3v) is 7.15. The van der Waals surface area contributed by atoms with Gasteiger partial charge < -0.3 is 24.8 Å². The molecule has 0 spiro atoms. The molecule has 5 rings (SSSR count). The van der Waals surface area contributed by atoms with Gasteiger partial charge in [-0.25, -0.2) is 12.1 Å². The van der Waals surface area contributed by atoms with Gasteiger partial charge in [-0.15, -0.1) is 5.56 Å². The van der Waals surface area contributed by atoms with E-state index in [0.717, 1.165) is 11.4 Å². The second-order valence-corrected chi connectivity index (χ2v) is 12.1. The first-order chi connectivity index (χ1) is 16.5. The van der Waals surface area contributed by atoms with Crippen LogP contribution in [0.2, 0.25) is 5.02 Å². The van der Waals surface area contributed by atoms with E-state index in [1.54, 1.807) is 0 Å². The number of benzene rings is 3. The van der Waals surface area contributed by atoms with Crippen LogP contribution in [0.15, 0.2) is 84.9 Å². The molecule has 0 nitrogen and oxygen atoms in total. The van der Waals surface area contributed by atoms with Crippen LogP contribution in [0.25, 0.3) is 11.1 Å². The average molecular weight is 629 g/mol. The monoisotopic (exact) mass is 626 g/mol. The molecule has 1 aliphatic rings. The minimum absolute atomic E-state index is 0. The fourth-order valence-electron chi connectivity index (χ4n) is 3.90. The first-order valence-corrected chi connectivity index (χ1v) is 13.9. The number of rotatable bonds is 1. The van der Waals surface area contributed by atoms with Crippen LogP contribution < -0.4 is 24.8 Å². The largest absolute Gasteiger partial charge is 1.00 e. The Morgan fingerprint density at radius 2 is 1.43 bits per heavy atom. The molecule has 0 amide bonds. The van der Waals surface area contributed by atoms with Gasteiger partial charge in [0.25, 0.3) is 0 Å². The van der Waals surface area contributed by atoms with Gasteiger partial charge in [-0.2, -0.15) is 47.5 Å². The molecule has 1 aliphatic carbocycles. The van der Waals surface area contributed by atoms with Crippen LogP contribution in [0.5, 0.6) is 0 Å². The molecule has 0 atom stereocenters. The second-order valence-electron chi connectivity index (χ2n) is 11.0. The summed E-state index contributed by atoms with van der Waals surface area (Å²) in [7, 11) is 0. The van der Waals surface area contributed by atoms with Gasteiger partial charge in [-0.3, -0.25) is 0 Å². The van der Waals surface area contributed by atoms with Crippen LogP contribution in [0, 0.1) is 6.07 Å². The van der Waals surface area contributed by atoms with Crippen molar-refractivity contribution in [3.63, 3.8) is 0 Å². The van der Waals surface area contributed by atoms with E-state index in [-0.39, 0.29) is 35.6 Å². The Kier molecular flexibility index (Phi) is 13.4. The van der Waals surface area contributed by atoms with Crippen molar-refractivity contribution in [1.29, 1.82) is 0 Å². The molecule has 0 unspecified atom stereocenters. The number of hydrogen-bond donors (Lipinski definition) is 0. The van der Waals surface area contributed by atoms with Gasteiger partial charge >= 0.3 is 74.4 Å². The molecule has 0 N–H and O–H groups in total. The summed E-state index contributed by atoms with van der Waals surface area (Å²) in [5.41, 5.74) is 9.97. The van der Waals surface area contributed by atoms with E-state index in [2.05, 4.69) is 81.6 Å². The third kappa shape index (κ3) is 9.71. The molecule has 0 aliphatic heterocycles. The summed E-state index contributed by atoms with van der Waals surface area (Å²) in [5.74, 6) is 0. The van der Waals surface area contributed by atoms with E-state index in [4.69, 9.17) is 11.6 Å². The molecule has 0 radical (unpaired) electrons. The van der Waals surface area contributed by atoms with E-state index in [1.807, 2.05) is 54.6 Å². The predicted molar refractivity (Wildman–Crippen MR) is 150 cm³/mol. The Balaban J connectivity index is 0.000000354. The van der Waals surface area contributed by atoms with Crippen molar-refractivity contribution in [2.24, 2.45) is 0 Å². The van der Waals surface area contributed by atoms with Gasteiger partial charge in [0.05, 0.1) is 0 Å². The molecular formula is C33H35Cl3Zr-2. The Hall–Kier alpha value is -1.37. The first-order valence-electron chi connectivity index (χ1n) is 12.1. The normalized spacial score (nSPS) is 11.3. The molecule has 0 fully saturated rings. The van der Waals surface area contributed by atoms with Crippen molar-refractivity contribution >= 4 is 15.3 Å². The van der Waals surface area contributed by atoms with Gasteiger partial charge in [-0.1, -0.05) is 76.3 Å². The van der Waals surface area contributed by atoms with Gasteiger partial charge in [0.1, 0.15) is 0 Å². The van der Waals surface area contributed by atoms with Crippen LogP contribution in [0.3, 0.4) is 0 Å². The Labute approximate surface area is 256 Å². The van der Waals surface area contributed by atoms with Crippen molar-refractivity contribution in [3.8, 4) is 11.1 Å². The van der Waals surface area contributed by atoms with Crippen LogP contribution in [-0.4, -0.2) is 3.71 Å². The molecule has 4 aromatic rings. The van der Waals surface area contributed by atoms with Crippen molar-refractivity contribution in [3.05, 3.63) is 124 Å². The molecule has 0 saturated heterocycles. The maximum atomic E-state index is 5.71. The molecule has 0 bridgehead atoms. The van der Waals surface area contributed by atoms with E-state index in [0.29, 0.717) is 0 Å². The molecule has 0 saturated carbocycles. The topological polar surface area (TPSA) is 0 Å². The van der Waals surface area contributed by atoms with Gasteiger partial charge in [-0.05, 0) is 17.4 Å². The predicted octanol–water partition coefficient (Wildman–Crippen LogP) is 3.10. The van der Waals surface area contributed by atoms with E-state index >= 15 is 0 Å². The number of hydrogen-bond acceptors (Lipinski definition) is 0. The Morgan fingerprint density at radius 3 is 1.92 bits per heavy atom. The fraction of sp³-hybridized carbons (Fsp3) is 0.273. The third-order valence-electron chi connectivity index (χ3n) is 6.10. The van der Waals surface area contributed by atoms with Crippen LogP contribution in [-0.2, 0) is 41.5 Å². The smallest absolute Gasteiger partial charge is 0.172 e. The Bertz CT molecular complexity index is 1180. The molecule has 4 heteroatoms. The van der Waals surface area contributed by atoms with Crippen molar-refractivity contribution in [2.75, 3.05) is 0 Å². The summed E-state index contributed by atoms with van der Waals surface area (Å²) >= 11 is 7.12. The number of fused-ring (bicyclic) bond motifs is 3. The zero-order valence-corrected chi connectivity index (χ0v) is 27.2. The zero-order chi connectivity index (χ0) is 25.6. The first kappa shape index (κ1) is 33.7. The molecule has 194 valence electrons. The Morgan fingerprint density at radius 1 is 0.811 bits per heavy atom. The van der Waals surface area contributed by atoms with Crippen LogP contribution in [0.4, 0.5) is 0 Å². The van der Waals surface area contributed by atoms with E-state index < -0.39 is 0 Å².